The Morgan fingerprint density at radius 3 is 1.87 bits per heavy atom. The standard InChI is InChI=1S/C42H32N4/c1-42(2)34-19-11-9-18-33(34)37-35(42)26-25-32-31-17-10-12-20-36(31)46(38(32)37)30-23-21-29(22-24-30)41-44-39(27-13-5-3-6-14-27)43-40(45-41)28-15-7-4-8-16-28/h3-26,41H,1-2H3,(H,43,44,45). The highest BCUT2D eigenvalue weighted by molar-refractivity contribution is 6.16. The Bertz CT molecular complexity index is 2290. The number of hydrogen-bond donors (Lipinski definition) is 1. The molecule has 7 aromatic rings. The van der Waals surface area contributed by atoms with Crippen molar-refractivity contribution in [2.75, 3.05) is 0 Å². The van der Waals surface area contributed by atoms with Crippen molar-refractivity contribution < 1.29 is 0 Å². The number of benzene rings is 6. The fourth-order valence-electron chi connectivity index (χ4n) is 7.39. The Morgan fingerprint density at radius 2 is 1.17 bits per heavy atom. The molecule has 2 aliphatic rings. The highest BCUT2D eigenvalue weighted by Crippen LogP contribution is 2.52. The third-order valence-electron chi connectivity index (χ3n) is 9.66. The van der Waals surface area contributed by atoms with Crippen LogP contribution >= 0.6 is 0 Å². The summed E-state index contributed by atoms with van der Waals surface area (Å²) in [6.45, 7) is 4.69. The molecular weight excluding hydrogens is 560 g/mol. The van der Waals surface area contributed by atoms with E-state index in [0.29, 0.717) is 0 Å². The minimum Gasteiger partial charge on any atom is -0.324 e. The van der Waals surface area contributed by atoms with Gasteiger partial charge in [-0.1, -0.05) is 141 Å². The van der Waals surface area contributed by atoms with Crippen molar-refractivity contribution >= 4 is 33.5 Å². The predicted molar refractivity (Wildman–Crippen MR) is 190 cm³/mol. The summed E-state index contributed by atoms with van der Waals surface area (Å²) >= 11 is 0. The van der Waals surface area contributed by atoms with E-state index in [1.807, 2.05) is 36.4 Å². The Balaban J connectivity index is 1.21. The largest absolute Gasteiger partial charge is 0.324 e. The van der Waals surface area contributed by atoms with Crippen molar-refractivity contribution in [1.82, 2.24) is 9.88 Å². The second kappa shape index (κ2) is 10.1. The molecule has 220 valence electrons. The van der Waals surface area contributed by atoms with Gasteiger partial charge in [0, 0.05) is 38.6 Å². The van der Waals surface area contributed by atoms with E-state index in [0.717, 1.165) is 34.0 Å². The lowest BCUT2D eigenvalue weighted by Crippen LogP contribution is -2.35. The van der Waals surface area contributed by atoms with Crippen LogP contribution in [0.3, 0.4) is 0 Å². The van der Waals surface area contributed by atoms with Crippen LogP contribution in [-0.4, -0.2) is 16.2 Å². The van der Waals surface area contributed by atoms with Crippen LogP contribution in [0.1, 0.15) is 47.8 Å². The van der Waals surface area contributed by atoms with Gasteiger partial charge in [-0.15, -0.1) is 0 Å². The van der Waals surface area contributed by atoms with E-state index in [1.54, 1.807) is 0 Å². The zero-order valence-corrected chi connectivity index (χ0v) is 25.8. The number of hydrogen-bond acceptors (Lipinski definition) is 3. The molecule has 4 heteroatoms. The van der Waals surface area contributed by atoms with E-state index in [4.69, 9.17) is 9.98 Å². The van der Waals surface area contributed by atoms with Crippen molar-refractivity contribution in [3.05, 3.63) is 173 Å². The molecule has 0 radical (unpaired) electrons. The summed E-state index contributed by atoms with van der Waals surface area (Å²) < 4.78 is 2.45. The molecule has 0 unspecified atom stereocenters. The Hall–Kier alpha value is -5.74. The third kappa shape index (κ3) is 4.00. The van der Waals surface area contributed by atoms with Crippen molar-refractivity contribution in [3.63, 3.8) is 0 Å². The van der Waals surface area contributed by atoms with Gasteiger partial charge < -0.3 is 9.88 Å². The molecule has 1 aliphatic heterocycles. The first kappa shape index (κ1) is 26.6. The first-order valence-electron chi connectivity index (χ1n) is 15.9. The van der Waals surface area contributed by atoms with E-state index >= 15 is 0 Å². The second-order valence-corrected chi connectivity index (χ2v) is 12.7. The van der Waals surface area contributed by atoms with Gasteiger partial charge in [-0.2, -0.15) is 0 Å². The van der Waals surface area contributed by atoms with Crippen molar-refractivity contribution in [2.24, 2.45) is 9.98 Å². The topological polar surface area (TPSA) is 41.7 Å². The van der Waals surface area contributed by atoms with Crippen LogP contribution < -0.4 is 5.32 Å². The highest BCUT2D eigenvalue weighted by atomic mass is 15.2. The van der Waals surface area contributed by atoms with E-state index in [1.165, 1.54) is 44.1 Å². The Morgan fingerprint density at radius 1 is 0.565 bits per heavy atom. The molecular formula is C42H32N4. The lowest BCUT2D eigenvalue weighted by atomic mass is 9.82. The second-order valence-electron chi connectivity index (χ2n) is 12.7. The van der Waals surface area contributed by atoms with E-state index in [-0.39, 0.29) is 11.6 Å². The normalized spacial score (nSPS) is 15.3. The van der Waals surface area contributed by atoms with Gasteiger partial charge >= 0.3 is 0 Å². The first-order valence-corrected chi connectivity index (χ1v) is 15.9. The Labute approximate surface area is 268 Å². The van der Waals surface area contributed by atoms with Crippen molar-refractivity contribution in [3.8, 4) is 16.8 Å². The predicted octanol–water partition coefficient (Wildman–Crippen LogP) is 9.59. The third-order valence-corrected chi connectivity index (χ3v) is 9.66. The van der Waals surface area contributed by atoms with Gasteiger partial charge in [0.2, 0.25) is 0 Å². The van der Waals surface area contributed by atoms with E-state index in [2.05, 4.69) is 133 Å². The van der Waals surface area contributed by atoms with Crippen LogP contribution in [0.15, 0.2) is 156 Å². The molecule has 0 saturated heterocycles. The molecule has 0 bridgehead atoms. The van der Waals surface area contributed by atoms with Gasteiger partial charge in [-0.25, -0.2) is 9.98 Å². The first-order chi connectivity index (χ1) is 22.6. The van der Waals surface area contributed by atoms with Crippen LogP contribution in [0.4, 0.5) is 0 Å². The average molecular weight is 593 g/mol. The zero-order chi connectivity index (χ0) is 30.8. The van der Waals surface area contributed by atoms with Gasteiger partial charge in [0.1, 0.15) is 11.7 Å². The van der Waals surface area contributed by atoms with Gasteiger partial charge in [0.25, 0.3) is 0 Å². The fourth-order valence-corrected chi connectivity index (χ4v) is 7.39. The molecule has 9 rings (SSSR count). The van der Waals surface area contributed by atoms with Gasteiger partial charge in [-0.3, -0.25) is 0 Å². The molecule has 6 aromatic carbocycles. The minimum atomic E-state index is -0.365. The molecule has 46 heavy (non-hydrogen) atoms. The lowest BCUT2D eigenvalue weighted by Gasteiger charge is -2.22. The lowest BCUT2D eigenvalue weighted by molar-refractivity contribution is 0.661. The quantitative estimate of drug-likeness (QED) is 0.217. The van der Waals surface area contributed by atoms with Gasteiger partial charge in [-0.05, 0) is 40.5 Å². The Kier molecular flexibility index (Phi) is 5.88. The number of aliphatic imine (C=N–C) groups is 2. The highest BCUT2D eigenvalue weighted by Gasteiger charge is 2.37. The summed E-state index contributed by atoms with van der Waals surface area (Å²) in [5.74, 6) is 1.64. The van der Waals surface area contributed by atoms with Gasteiger partial charge in [0.05, 0.1) is 11.0 Å². The number of nitrogens with zero attached hydrogens (tertiary/aromatic N) is 3. The maximum Gasteiger partial charge on any atom is 0.169 e. The van der Waals surface area contributed by atoms with E-state index < -0.39 is 0 Å². The molecule has 1 aliphatic carbocycles. The molecule has 0 spiro atoms. The molecule has 2 heterocycles. The van der Waals surface area contributed by atoms with Crippen molar-refractivity contribution in [2.45, 2.75) is 25.4 Å². The molecule has 0 fully saturated rings. The molecule has 1 aromatic heterocycles. The smallest absolute Gasteiger partial charge is 0.169 e. The van der Waals surface area contributed by atoms with E-state index in [9.17, 15) is 0 Å². The number of fused-ring (bicyclic) bond motifs is 7. The summed E-state index contributed by atoms with van der Waals surface area (Å²) in [5, 5.41) is 6.03. The summed E-state index contributed by atoms with van der Waals surface area (Å²) in [7, 11) is 0. The van der Waals surface area contributed by atoms with Crippen LogP contribution in [0.5, 0.6) is 0 Å². The number of aromatic nitrogens is 1. The molecule has 0 saturated carbocycles. The SMILES string of the molecule is CC1(C)c2ccccc2-c2c1ccc1c3ccccc3n(-c3ccc(C4N=C(c5ccccc5)NC(c5ccccc5)=N4)cc3)c21. The van der Waals surface area contributed by atoms with Crippen LogP contribution in [0, 0.1) is 0 Å². The molecule has 4 nitrogen and oxygen atoms in total. The zero-order valence-electron chi connectivity index (χ0n) is 25.8. The monoisotopic (exact) mass is 592 g/mol. The number of para-hydroxylation sites is 1. The number of rotatable bonds is 4. The van der Waals surface area contributed by atoms with Crippen LogP contribution in [0.25, 0.3) is 38.6 Å². The fraction of sp³-hybridized carbons (Fsp3) is 0.0952. The maximum atomic E-state index is 5.09. The minimum absolute atomic E-state index is 0.0663. The number of nitrogens with one attached hydrogen (secondary N) is 1. The molecule has 0 amide bonds. The molecule has 1 N–H and O–H groups in total. The van der Waals surface area contributed by atoms with Crippen LogP contribution in [0.2, 0.25) is 0 Å². The van der Waals surface area contributed by atoms with Crippen molar-refractivity contribution in [1.29, 1.82) is 0 Å². The summed E-state index contributed by atoms with van der Waals surface area (Å²) in [5.41, 5.74) is 12.1. The van der Waals surface area contributed by atoms with Crippen LogP contribution in [-0.2, 0) is 5.41 Å². The summed E-state index contributed by atoms with van der Waals surface area (Å²) in [6.07, 6.45) is -0.365. The average Bonchev–Trinajstić information content (AvgIpc) is 3.58. The molecule has 0 atom stereocenters. The summed E-state index contributed by atoms with van der Waals surface area (Å²) in [6, 6.07) is 51.7. The van der Waals surface area contributed by atoms with Gasteiger partial charge in [0.15, 0.2) is 6.17 Å². The number of amidine groups is 2. The maximum absolute atomic E-state index is 5.09. The summed E-state index contributed by atoms with van der Waals surface area (Å²) in [4.78, 5) is 10.2.